The Balaban J connectivity index is 2.92. The molecule has 0 amide bonds. The van der Waals surface area contributed by atoms with E-state index in [4.69, 9.17) is 12.6 Å². The molecule has 0 aromatic heterocycles. The van der Waals surface area contributed by atoms with Crippen molar-refractivity contribution in [1.82, 2.24) is 0 Å². The minimum Gasteiger partial charge on any atom is -0.384 e. The quantitative estimate of drug-likeness (QED) is 0.543. The van der Waals surface area contributed by atoms with Gasteiger partial charge in [0.05, 0.1) is 6.10 Å². The highest BCUT2D eigenvalue weighted by molar-refractivity contribution is 6.11. The lowest BCUT2D eigenvalue weighted by atomic mass is 9.60. The second-order valence-electron chi connectivity index (χ2n) is 4.90. The van der Waals surface area contributed by atoms with E-state index >= 15 is 0 Å². The fourth-order valence-electron chi connectivity index (χ4n) is 1.91. The van der Waals surface area contributed by atoms with Crippen LogP contribution in [-0.4, -0.2) is 20.0 Å². The van der Waals surface area contributed by atoms with Gasteiger partial charge in [-0.3, -0.25) is 0 Å². The molecule has 1 fully saturated rings. The molecule has 0 saturated carbocycles. The second-order valence-corrected chi connectivity index (χ2v) is 4.90. The highest BCUT2D eigenvalue weighted by atomic mass is 16.5. The number of ether oxygens (including phenoxy) is 1. The molecule has 0 bridgehead atoms. The molecule has 1 nitrogen and oxygen atoms in total. The van der Waals surface area contributed by atoms with Gasteiger partial charge < -0.3 is 4.74 Å². The molecule has 1 rings (SSSR count). The first-order chi connectivity index (χ1) is 5.34. The minimum absolute atomic E-state index is 0.0771. The van der Waals surface area contributed by atoms with E-state index in [-0.39, 0.29) is 16.8 Å². The molecule has 1 aliphatic rings. The maximum Gasteiger partial charge on any atom is 0.109 e. The Labute approximate surface area is 77.3 Å². The van der Waals surface area contributed by atoms with E-state index in [2.05, 4.69) is 34.6 Å². The standard InChI is InChI=1S/C10H19BO/c1-6-7-9(2,3)10(4,5)8(11)12-7/h7-8H,6H2,1-5H3. The summed E-state index contributed by atoms with van der Waals surface area (Å²) in [5.74, 6) is 0. The van der Waals surface area contributed by atoms with Gasteiger partial charge in [0, 0.05) is 6.00 Å². The minimum atomic E-state index is -0.113. The third-order valence-electron chi connectivity index (χ3n) is 3.86. The number of hydrogen-bond acceptors (Lipinski definition) is 1. The van der Waals surface area contributed by atoms with Crippen LogP contribution in [-0.2, 0) is 4.74 Å². The van der Waals surface area contributed by atoms with Crippen LogP contribution in [0.15, 0.2) is 0 Å². The van der Waals surface area contributed by atoms with E-state index in [9.17, 15) is 0 Å². The summed E-state index contributed by atoms with van der Waals surface area (Å²) in [7, 11) is 5.93. The number of rotatable bonds is 1. The molecule has 0 aromatic rings. The summed E-state index contributed by atoms with van der Waals surface area (Å²) in [5.41, 5.74) is 0.259. The van der Waals surface area contributed by atoms with Crippen molar-refractivity contribution >= 4 is 7.85 Å². The van der Waals surface area contributed by atoms with Gasteiger partial charge in [-0.1, -0.05) is 34.6 Å². The molecule has 0 aliphatic carbocycles. The van der Waals surface area contributed by atoms with Crippen LogP contribution in [0.3, 0.4) is 0 Å². The molecule has 2 radical (unpaired) electrons. The first-order valence-electron chi connectivity index (χ1n) is 4.75. The van der Waals surface area contributed by atoms with Crippen molar-refractivity contribution in [1.29, 1.82) is 0 Å². The van der Waals surface area contributed by atoms with Crippen LogP contribution >= 0.6 is 0 Å². The van der Waals surface area contributed by atoms with Gasteiger partial charge in [-0.25, -0.2) is 0 Å². The first-order valence-corrected chi connectivity index (χ1v) is 4.75. The Kier molecular flexibility index (Phi) is 2.33. The summed E-state index contributed by atoms with van der Waals surface area (Å²) in [5, 5.41) is 0. The first kappa shape index (κ1) is 10.1. The Hall–Kier alpha value is 0.0249. The lowest BCUT2D eigenvalue weighted by molar-refractivity contribution is 0.0468. The van der Waals surface area contributed by atoms with Crippen LogP contribution in [0.25, 0.3) is 0 Å². The molecule has 1 heterocycles. The molecular formula is C10H19BO. The zero-order valence-corrected chi connectivity index (χ0v) is 8.85. The predicted octanol–water partition coefficient (Wildman–Crippen LogP) is 2.34. The molecule has 2 atom stereocenters. The molecule has 0 N–H and O–H groups in total. The summed E-state index contributed by atoms with van der Waals surface area (Å²) in [6.07, 6.45) is 1.35. The van der Waals surface area contributed by atoms with Crippen LogP contribution < -0.4 is 0 Å². The molecule has 2 heteroatoms. The normalized spacial score (nSPS) is 38.4. The topological polar surface area (TPSA) is 9.23 Å². The Bertz CT molecular complexity index is 175. The lowest BCUT2D eigenvalue weighted by Gasteiger charge is -2.38. The average molecular weight is 166 g/mol. The van der Waals surface area contributed by atoms with Crippen molar-refractivity contribution in [2.75, 3.05) is 0 Å². The lowest BCUT2D eigenvalue weighted by Crippen LogP contribution is -2.38. The van der Waals surface area contributed by atoms with Crippen molar-refractivity contribution in [3.8, 4) is 0 Å². The fourth-order valence-corrected chi connectivity index (χ4v) is 1.91. The van der Waals surface area contributed by atoms with Gasteiger partial charge in [-0.05, 0) is 17.3 Å². The van der Waals surface area contributed by atoms with Gasteiger partial charge in [0.15, 0.2) is 0 Å². The Morgan fingerprint density at radius 3 is 1.83 bits per heavy atom. The molecule has 12 heavy (non-hydrogen) atoms. The Morgan fingerprint density at radius 2 is 1.67 bits per heavy atom. The highest BCUT2D eigenvalue weighted by Gasteiger charge is 2.52. The predicted molar refractivity (Wildman–Crippen MR) is 52.3 cm³/mol. The van der Waals surface area contributed by atoms with Crippen LogP contribution in [0.2, 0.25) is 0 Å². The van der Waals surface area contributed by atoms with Crippen molar-refractivity contribution in [2.24, 2.45) is 10.8 Å². The average Bonchev–Trinajstić information content (AvgIpc) is 2.10. The van der Waals surface area contributed by atoms with Gasteiger partial charge in [0.25, 0.3) is 0 Å². The van der Waals surface area contributed by atoms with Gasteiger partial charge in [0.2, 0.25) is 0 Å². The van der Waals surface area contributed by atoms with Crippen LogP contribution in [0.4, 0.5) is 0 Å². The fraction of sp³-hybridized carbons (Fsp3) is 1.00. The maximum absolute atomic E-state index is 5.93. The van der Waals surface area contributed by atoms with Crippen molar-refractivity contribution < 1.29 is 4.74 Å². The SMILES string of the molecule is [B]C1OC(CC)C(C)(C)C1(C)C. The largest absolute Gasteiger partial charge is 0.384 e. The monoisotopic (exact) mass is 166 g/mol. The zero-order chi connectivity index (χ0) is 9.57. The van der Waals surface area contributed by atoms with E-state index in [1.165, 1.54) is 0 Å². The van der Waals surface area contributed by atoms with Gasteiger partial charge in [0.1, 0.15) is 7.85 Å². The van der Waals surface area contributed by atoms with Crippen molar-refractivity contribution in [3.63, 3.8) is 0 Å². The van der Waals surface area contributed by atoms with Crippen LogP contribution in [0.5, 0.6) is 0 Å². The molecule has 68 valence electrons. The third kappa shape index (κ3) is 1.12. The second kappa shape index (κ2) is 2.76. The molecule has 0 spiro atoms. The van der Waals surface area contributed by atoms with Crippen LogP contribution in [0.1, 0.15) is 41.0 Å². The molecule has 2 unspecified atom stereocenters. The summed E-state index contributed by atoms with van der Waals surface area (Å²) in [6.45, 7) is 11.0. The summed E-state index contributed by atoms with van der Waals surface area (Å²) in [6, 6.07) is -0.113. The van der Waals surface area contributed by atoms with E-state index < -0.39 is 0 Å². The van der Waals surface area contributed by atoms with Crippen molar-refractivity contribution in [2.45, 2.75) is 53.1 Å². The maximum atomic E-state index is 5.93. The summed E-state index contributed by atoms with van der Waals surface area (Å²) >= 11 is 0. The smallest absolute Gasteiger partial charge is 0.109 e. The highest BCUT2D eigenvalue weighted by Crippen LogP contribution is 2.52. The van der Waals surface area contributed by atoms with E-state index in [1.54, 1.807) is 0 Å². The summed E-state index contributed by atoms with van der Waals surface area (Å²) < 4.78 is 5.72. The molecular weight excluding hydrogens is 147 g/mol. The van der Waals surface area contributed by atoms with E-state index in [1.807, 2.05) is 0 Å². The Morgan fingerprint density at radius 1 is 1.17 bits per heavy atom. The van der Waals surface area contributed by atoms with Gasteiger partial charge in [-0.2, -0.15) is 0 Å². The van der Waals surface area contributed by atoms with Gasteiger partial charge >= 0.3 is 0 Å². The zero-order valence-electron chi connectivity index (χ0n) is 8.85. The van der Waals surface area contributed by atoms with Crippen molar-refractivity contribution in [3.05, 3.63) is 0 Å². The van der Waals surface area contributed by atoms with E-state index in [0.29, 0.717) is 6.10 Å². The molecule has 1 aliphatic heterocycles. The molecule has 1 saturated heterocycles. The summed E-state index contributed by atoms with van der Waals surface area (Å²) in [4.78, 5) is 0. The van der Waals surface area contributed by atoms with Crippen LogP contribution in [0, 0.1) is 10.8 Å². The third-order valence-corrected chi connectivity index (χ3v) is 3.86. The molecule has 0 aromatic carbocycles. The number of hydrogen-bond donors (Lipinski definition) is 0. The van der Waals surface area contributed by atoms with Gasteiger partial charge in [-0.15, -0.1) is 0 Å². The van der Waals surface area contributed by atoms with E-state index in [0.717, 1.165) is 6.42 Å².